The molecule has 0 unspecified atom stereocenters. The number of nitrogens with zero attached hydrogens (tertiary/aromatic N) is 1. The van der Waals surface area contributed by atoms with E-state index in [1.165, 1.54) is 0 Å². The molecule has 0 aromatic heterocycles. The molecule has 32 heavy (non-hydrogen) atoms. The molecule has 0 aliphatic carbocycles. The molecule has 1 aromatic rings. The van der Waals surface area contributed by atoms with E-state index in [9.17, 15) is 14.7 Å². The Morgan fingerprint density at radius 1 is 1.19 bits per heavy atom. The molecule has 0 spiro atoms. The Kier molecular flexibility index (Phi) is 7.76. The van der Waals surface area contributed by atoms with Crippen LogP contribution in [-0.2, 0) is 16.8 Å². The second-order valence-electron chi connectivity index (χ2n) is 11.3. The number of benzene rings is 1. The first-order chi connectivity index (χ1) is 14.6. The summed E-state index contributed by atoms with van der Waals surface area (Å²) < 4.78 is 0. The summed E-state index contributed by atoms with van der Waals surface area (Å²) in [7, 11) is 0. The Bertz CT molecular complexity index is 899. The molecule has 1 aliphatic heterocycles. The highest BCUT2D eigenvalue weighted by Gasteiger charge is 2.40. The molecule has 0 bridgehead atoms. The van der Waals surface area contributed by atoms with Crippen LogP contribution in [0.1, 0.15) is 79.4 Å². The first-order valence-electron chi connectivity index (χ1n) is 11.4. The second-order valence-corrected chi connectivity index (χ2v) is 11.7. The third-order valence-electron chi connectivity index (χ3n) is 6.44. The lowest BCUT2D eigenvalue weighted by atomic mass is 9.77. The first kappa shape index (κ1) is 26.2. The number of hydrogen-bond acceptors (Lipinski definition) is 2. The van der Waals surface area contributed by atoms with Gasteiger partial charge in [-0.15, -0.1) is 0 Å². The zero-order valence-corrected chi connectivity index (χ0v) is 21.6. The number of aryl methyl sites for hydroxylation is 1. The summed E-state index contributed by atoms with van der Waals surface area (Å²) in [5.74, 6) is -0.691. The highest BCUT2D eigenvalue weighted by Crippen LogP contribution is 2.39. The number of carbonyl (C=O) groups is 2. The lowest BCUT2D eigenvalue weighted by Crippen LogP contribution is -2.55. The van der Waals surface area contributed by atoms with Gasteiger partial charge in [-0.3, -0.25) is 4.79 Å². The van der Waals surface area contributed by atoms with Crippen molar-refractivity contribution in [3.8, 4) is 0 Å². The van der Waals surface area contributed by atoms with Crippen LogP contribution >= 0.6 is 11.6 Å². The molecule has 2 rings (SSSR count). The van der Waals surface area contributed by atoms with Gasteiger partial charge >= 0.3 is 12.0 Å². The van der Waals surface area contributed by atoms with Gasteiger partial charge < -0.3 is 15.3 Å². The van der Waals surface area contributed by atoms with Gasteiger partial charge in [0.25, 0.3) is 0 Å². The van der Waals surface area contributed by atoms with Crippen LogP contribution in [0.3, 0.4) is 0 Å². The summed E-state index contributed by atoms with van der Waals surface area (Å²) in [6.45, 7) is 16.6. The van der Waals surface area contributed by atoms with Crippen LogP contribution in [-0.4, -0.2) is 28.6 Å². The number of halogens is 1. The number of aliphatic carboxylic acids is 1. The van der Waals surface area contributed by atoms with Gasteiger partial charge in [-0.05, 0) is 74.1 Å². The summed E-state index contributed by atoms with van der Waals surface area (Å²) in [6.07, 6.45) is 4.20. The normalized spacial score (nSPS) is 19.8. The smallest absolute Gasteiger partial charge is 0.322 e. The lowest BCUT2D eigenvalue weighted by Gasteiger charge is -2.42. The van der Waals surface area contributed by atoms with Crippen molar-refractivity contribution in [3.05, 3.63) is 46.1 Å². The monoisotopic (exact) mass is 462 g/mol. The minimum atomic E-state index is -0.900. The third-order valence-corrected chi connectivity index (χ3v) is 6.80. The van der Waals surface area contributed by atoms with E-state index in [4.69, 9.17) is 11.6 Å². The van der Waals surface area contributed by atoms with E-state index < -0.39 is 16.9 Å². The Morgan fingerprint density at radius 2 is 1.81 bits per heavy atom. The minimum absolute atomic E-state index is 0.176. The number of nitrogens with one attached hydrogen (secondary N) is 1. The van der Waals surface area contributed by atoms with E-state index in [2.05, 4.69) is 52.1 Å². The standard InChI is InChI=1S/C26H39ClN2O3/c1-17(2)20-16-29(14-13-25(6,7)22(30)31)23(32)28-26(20,8)19-10-9-18(21(27)15-19)11-12-24(3,4)5/h9-10,15-17H,11-14H2,1-8H3,(H,28,32)(H,30,31)/t26-/m0/s1. The molecular weight excluding hydrogens is 424 g/mol. The number of urea groups is 1. The van der Waals surface area contributed by atoms with Crippen molar-refractivity contribution in [1.82, 2.24) is 10.2 Å². The van der Waals surface area contributed by atoms with Gasteiger partial charge in [0.1, 0.15) is 0 Å². The fourth-order valence-corrected chi connectivity index (χ4v) is 4.20. The van der Waals surface area contributed by atoms with Crippen molar-refractivity contribution < 1.29 is 14.7 Å². The van der Waals surface area contributed by atoms with E-state index in [1.807, 2.05) is 19.2 Å². The average Bonchev–Trinajstić information content (AvgIpc) is 2.65. The molecule has 0 radical (unpaired) electrons. The predicted octanol–water partition coefficient (Wildman–Crippen LogP) is 6.60. The number of carbonyl (C=O) groups excluding carboxylic acids is 1. The molecule has 0 saturated carbocycles. The molecule has 0 fully saturated rings. The predicted molar refractivity (Wildman–Crippen MR) is 131 cm³/mol. The number of carboxylic acid groups (broad SMARTS) is 1. The van der Waals surface area contributed by atoms with Crippen molar-refractivity contribution in [1.29, 1.82) is 0 Å². The highest BCUT2D eigenvalue weighted by atomic mass is 35.5. The zero-order chi connectivity index (χ0) is 24.5. The maximum Gasteiger partial charge on any atom is 0.322 e. The first-order valence-corrected chi connectivity index (χ1v) is 11.8. The van der Waals surface area contributed by atoms with Crippen LogP contribution in [0.2, 0.25) is 5.02 Å². The van der Waals surface area contributed by atoms with E-state index in [1.54, 1.807) is 18.7 Å². The molecule has 0 saturated heterocycles. The molecule has 178 valence electrons. The van der Waals surface area contributed by atoms with Crippen LogP contribution < -0.4 is 5.32 Å². The van der Waals surface area contributed by atoms with Crippen molar-refractivity contribution in [2.24, 2.45) is 16.7 Å². The van der Waals surface area contributed by atoms with E-state index >= 15 is 0 Å². The van der Waals surface area contributed by atoms with Crippen molar-refractivity contribution in [2.45, 2.75) is 80.2 Å². The van der Waals surface area contributed by atoms with Crippen molar-refractivity contribution in [2.75, 3.05) is 6.54 Å². The number of hydrogen-bond donors (Lipinski definition) is 2. The summed E-state index contributed by atoms with van der Waals surface area (Å²) in [4.78, 5) is 26.0. The van der Waals surface area contributed by atoms with Gasteiger partial charge in [-0.2, -0.15) is 0 Å². The molecule has 6 heteroatoms. The average molecular weight is 463 g/mol. The molecule has 1 heterocycles. The largest absolute Gasteiger partial charge is 0.481 e. The van der Waals surface area contributed by atoms with Crippen LogP contribution in [0.15, 0.2) is 30.0 Å². The molecule has 2 N–H and O–H groups in total. The van der Waals surface area contributed by atoms with Gasteiger partial charge in [0, 0.05) is 17.8 Å². The highest BCUT2D eigenvalue weighted by molar-refractivity contribution is 6.31. The molecule has 1 aromatic carbocycles. The number of rotatable bonds is 8. The topological polar surface area (TPSA) is 69.6 Å². The van der Waals surface area contributed by atoms with E-state index in [0.29, 0.717) is 13.0 Å². The van der Waals surface area contributed by atoms with Crippen LogP contribution in [0, 0.1) is 16.7 Å². The number of amides is 2. The summed E-state index contributed by atoms with van der Waals surface area (Å²) in [5.41, 5.74) is 1.77. The van der Waals surface area contributed by atoms with Gasteiger partial charge in [-0.1, -0.05) is 58.4 Å². The van der Waals surface area contributed by atoms with Gasteiger partial charge in [0.15, 0.2) is 0 Å². The molecular formula is C26H39ClN2O3. The van der Waals surface area contributed by atoms with Crippen molar-refractivity contribution >= 4 is 23.6 Å². The van der Waals surface area contributed by atoms with Gasteiger partial charge in [0.2, 0.25) is 0 Å². The van der Waals surface area contributed by atoms with Crippen LogP contribution in [0.5, 0.6) is 0 Å². The minimum Gasteiger partial charge on any atom is -0.481 e. The van der Waals surface area contributed by atoms with Crippen LogP contribution in [0.25, 0.3) is 0 Å². The molecule has 2 amide bonds. The summed E-state index contributed by atoms with van der Waals surface area (Å²) in [5, 5.41) is 13.3. The SMILES string of the molecule is CC(C)C1=CN(CCC(C)(C)C(=O)O)C(=O)N[C@@]1(C)c1ccc(CCC(C)(C)C)c(Cl)c1. The quantitative estimate of drug-likeness (QED) is 0.457. The van der Waals surface area contributed by atoms with Gasteiger partial charge in [-0.25, -0.2) is 4.79 Å². The maximum absolute atomic E-state index is 13.0. The molecule has 5 nitrogen and oxygen atoms in total. The summed E-state index contributed by atoms with van der Waals surface area (Å²) in [6, 6.07) is 5.87. The Hall–Kier alpha value is -2.01. The molecule has 1 aliphatic rings. The van der Waals surface area contributed by atoms with Crippen LogP contribution in [0.4, 0.5) is 4.79 Å². The summed E-state index contributed by atoms with van der Waals surface area (Å²) >= 11 is 6.66. The Morgan fingerprint density at radius 3 is 2.31 bits per heavy atom. The number of carboxylic acids is 1. The second kappa shape index (κ2) is 9.46. The zero-order valence-electron chi connectivity index (χ0n) is 20.8. The van der Waals surface area contributed by atoms with Gasteiger partial charge in [0.05, 0.1) is 11.0 Å². The third kappa shape index (κ3) is 6.06. The fraction of sp³-hybridized carbons (Fsp3) is 0.615. The molecule has 1 atom stereocenters. The lowest BCUT2D eigenvalue weighted by molar-refractivity contribution is -0.147. The Balaban J connectivity index is 2.34. The Labute approximate surface area is 198 Å². The van der Waals surface area contributed by atoms with Crippen molar-refractivity contribution in [3.63, 3.8) is 0 Å². The van der Waals surface area contributed by atoms with E-state index in [-0.39, 0.29) is 17.4 Å². The fourth-order valence-electron chi connectivity index (χ4n) is 3.92. The van der Waals surface area contributed by atoms with E-state index in [0.717, 1.165) is 34.6 Å². The maximum atomic E-state index is 13.0.